The maximum atomic E-state index is 13.2. The molecule has 1 saturated heterocycles. The number of hydrogen-bond donors (Lipinski definition) is 0. The molecule has 3 aromatic carbocycles. The second-order valence-corrected chi connectivity index (χ2v) is 10.6. The van der Waals surface area contributed by atoms with Gasteiger partial charge in [0.2, 0.25) is 0 Å². The fraction of sp³-hybridized carbons (Fsp3) is 0.200. The van der Waals surface area contributed by atoms with Crippen LogP contribution < -0.4 is 4.74 Å². The molecule has 0 aliphatic carbocycles. The number of aromatic nitrogens is 1. The lowest BCUT2D eigenvalue weighted by Gasteiger charge is -2.14. The lowest BCUT2D eigenvalue weighted by Crippen LogP contribution is -2.30. The fourth-order valence-corrected chi connectivity index (χ4v) is 5.65. The number of benzene rings is 3. The van der Waals surface area contributed by atoms with Crippen molar-refractivity contribution in [2.75, 3.05) is 13.2 Å². The van der Waals surface area contributed by atoms with Gasteiger partial charge < -0.3 is 9.30 Å². The molecule has 0 radical (unpaired) electrons. The highest BCUT2D eigenvalue weighted by molar-refractivity contribution is 8.26. The topological polar surface area (TPSA) is 34.5 Å². The highest BCUT2D eigenvalue weighted by Crippen LogP contribution is 2.34. The lowest BCUT2D eigenvalue weighted by molar-refractivity contribution is -0.122. The number of aryl methyl sites for hydroxylation is 2. The van der Waals surface area contributed by atoms with Gasteiger partial charge in [0.05, 0.1) is 11.5 Å². The second kappa shape index (κ2) is 11.1. The van der Waals surface area contributed by atoms with Crippen molar-refractivity contribution >= 4 is 51.2 Å². The normalized spacial score (nSPS) is 14.8. The molecule has 0 spiro atoms. The third kappa shape index (κ3) is 5.55. The standard InChI is InChI=1S/C30H28N2O2S2/c1-22-12-14-25(15-13-22)34-19-7-17-31-21-24(26-10-5-6-11-27(26)31)20-28-29(33)32(30(35)36-28)18-16-23-8-3-2-4-9-23/h2-6,8-15,20-21H,7,16-19H2,1H3/b28-20-. The molecule has 1 aliphatic rings. The van der Waals surface area contributed by atoms with Gasteiger partial charge in [0.1, 0.15) is 10.1 Å². The Morgan fingerprint density at radius 1 is 0.944 bits per heavy atom. The highest BCUT2D eigenvalue weighted by Gasteiger charge is 2.31. The van der Waals surface area contributed by atoms with Gasteiger partial charge >= 0.3 is 0 Å². The summed E-state index contributed by atoms with van der Waals surface area (Å²) in [7, 11) is 0. The summed E-state index contributed by atoms with van der Waals surface area (Å²) in [6.45, 7) is 4.14. The van der Waals surface area contributed by atoms with Gasteiger partial charge in [-0.15, -0.1) is 0 Å². The fourth-order valence-electron chi connectivity index (χ4n) is 4.35. The molecule has 4 aromatic rings. The Morgan fingerprint density at radius 3 is 2.50 bits per heavy atom. The van der Waals surface area contributed by atoms with Gasteiger partial charge in [-0.1, -0.05) is 90.2 Å². The first-order valence-electron chi connectivity index (χ1n) is 12.1. The summed E-state index contributed by atoms with van der Waals surface area (Å²) in [6, 6.07) is 26.6. The quantitative estimate of drug-likeness (QED) is 0.139. The van der Waals surface area contributed by atoms with Gasteiger partial charge in [0, 0.05) is 35.8 Å². The minimum atomic E-state index is -0.00994. The molecule has 2 heterocycles. The van der Waals surface area contributed by atoms with E-state index in [1.54, 1.807) is 4.90 Å². The number of ether oxygens (including phenoxy) is 1. The number of hydrogen-bond acceptors (Lipinski definition) is 4. The van der Waals surface area contributed by atoms with Crippen molar-refractivity contribution in [3.63, 3.8) is 0 Å². The van der Waals surface area contributed by atoms with Crippen LogP contribution >= 0.6 is 24.0 Å². The minimum absolute atomic E-state index is 0.00994. The van der Waals surface area contributed by atoms with E-state index >= 15 is 0 Å². The Kier molecular flexibility index (Phi) is 7.54. The number of rotatable bonds is 9. The van der Waals surface area contributed by atoms with Crippen LogP contribution in [0.4, 0.5) is 0 Å². The molecular formula is C30H28N2O2S2. The van der Waals surface area contributed by atoms with Crippen LogP contribution in [0.1, 0.15) is 23.1 Å². The van der Waals surface area contributed by atoms with E-state index in [4.69, 9.17) is 17.0 Å². The monoisotopic (exact) mass is 512 g/mol. The Morgan fingerprint density at radius 2 is 1.69 bits per heavy atom. The van der Waals surface area contributed by atoms with Crippen LogP contribution in [-0.2, 0) is 17.8 Å². The zero-order valence-corrected chi connectivity index (χ0v) is 21.9. The van der Waals surface area contributed by atoms with Crippen molar-refractivity contribution in [2.45, 2.75) is 26.3 Å². The van der Waals surface area contributed by atoms with Gasteiger partial charge in [-0.2, -0.15) is 0 Å². The molecule has 1 aromatic heterocycles. The van der Waals surface area contributed by atoms with Crippen LogP contribution in [0.3, 0.4) is 0 Å². The molecular weight excluding hydrogens is 484 g/mol. The Balaban J connectivity index is 1.28. The summed E-state index contributed by atoms with van der Waals surface area (Å²) < 4.78 is 8.78. The third-order valence-corrected chi connectivity index (χ3v) is 7.66. The zero-order valence-electron chi connectivity index (χ0n) is 20.2. The number of para-hydroxylation sites is 1. The summed E-state index contributed by atoms with van der Waals surface area (Å²) in [5.41, 5.74) is 4.61. The summed E-state index contributed by atoms with van der Waals surface area (Å²) in [4.78, 5) is 15.6. The molecule has 4 nitrogen and oxygen atoms in total. The van der Waals surface area contributed by atoms with Crippen LogP contribution in [0.2, 0.25) is 0 Å². The summed E-state index contributed by atoms with van der Waals surface area (Å²) in [6.07, 6.45) is 5.79. The van der Waals surface area contributed by atoms with Gasteiger partial charge in [-0.05, 0) is 49.6 Å². The first-order chi connectivity index (χ1) is 17.6. The predicted molar refractivity (Wildman–Crippen MR) is 153 cm³/mol. The predicted octanol–water partition coefficient (Wildman–Crippen LogP) is 6.86. The molecule has 6 heteroatoms. The van der Waals surface area contributed by atoms with Crippen molar-refractivity contribution in [1.29, 1.82) is 0 Å². The molecule has 0 N–H and O–H groups in total. The molecule has 0 bridgehead atoms. The van der Waals surface area contributed by atoms with E-state index < -0.39 is 0 Å². The van der Waals surface area contributed by atoms with Crippen molar-refractivity contribution in [2.24, 2.45) is 0 Å². The zero-order chi connectivity index (χ0) is 24.9. The van der Waals surface area contributed by atoms with E-state index in [0.29, 0.717) is 22.4 Å². The number of carbonyl (C=O) groups is 1. The van der Waals surface area contributed by atoms with Crippen LogP contribution in [0.15, 0.2) is 90.0 Å². The molecule has 36 heavy (non-hydrogen) atoms. The average molecular weight is 513 g/mol. The van der Waals surface area contributed by atoms with Crippen LogP contribution in [-0.4, -0.2) is 32.8 Å². The molecule has 1 amide bonds. The summed E-state index contributed by atoms with van der Waals surface area (Å²) >= 11 is 6.94. The first-order valence-corrected chi connectivity index (χ1v) is 13.4. The van der Waals surface area contributed by atoms with Gasteiger partial charge in [-0.3, -0.25) is 9.69 Å². The number of amides is 1. The van der Waals surface area contributed by atoms with Gasteiger partial charge in [-0.25, -0.2) is 0 Å². The Labute approximate surface area is 221 Å². The van der Waals surface area contributed by atoms with Gasteiger partial charge in [0.15, 0.2) is 0 Å². The lowest BCUT2D eigenvalue weighted by atomic mass is 10.1. The molecule has 5 rings (SSSR count). The van der Waals surface area contributed by atoms with Gasteiger partial charge in [0.25, 0.3) is 5.91 Å². The number of thiocarbonyl (C=S) groups is 1. The number of nitrogens with zero attached hydrogens (tertiary/aromatic N) is 2. The number of carbonyl (C=O) groups excluding carboxylic acids is 1. The Bertz CT molecular complexity index is 1410. The first kappa shape index (κ1) is 24.3. The van der Waals surface area contributed by atoms with Crippen LogP contribution in [0.25, 0.3) is 17.0 Å². The van der Waals surface area contributed by atoms with Crippen LogP contribution in [0.5, 0.6) is 5.75 Å². The van der Waals surface area contributed by atoms with Crippen molar-refractivity contribution in [1.82, 2.24) is 9.47 Å². The minimum Gasteiger partial charge on any atom is -0.494 e. The average Bonchev–Trinajstić information content (AvgIpc) is 3.38. The van der Waals surface area contributed by atoms with E-state index in [9.17, 15) is 4.79 Å². The maximum absolute atomic E-state index is 13.2. The van der Waals surface area contributed by atoms with E-state index in [0.717, 1.165) is 41.6 Å². The van der Waals surface area contributed by atoms with Crippen molar-refractivity contribution in [3.8, 4) is 5.75 Å². The molecule has 1 fully saturated rings. The SMILES string of the molecule is Cc1ccc(OCCCn2cc(/C=C3\SC(=S)N(CCc4ccccc4)C3=O)c3ccccc32)cc1. The molecule has 0 unspecified atom stereocenters. The smallest absolute Gasteiger partial charge is 0.266 e. The van der Waals surface area contributed by atoms with E-state index in [-0.39, 0.29) is 5.91 Å². The Hall–Kier alpha value is -3.35. The summed E-state index contributed by atoms with van der Waals surface area (Å²) in [5, 5.41) is 1.13. The highest BCUT2D eigenvalue weighted by atomic mass is 32.2. The second-order valence-electron chi connectivity index (χ2n) is 8.88. The van der Waals surface area contributed by atoms with E-state index in [1.165, 1.54) is 22.9 Å². The summed E-state index contributed by atoms with van der Waals surface area (Å²) in [5.74, 6) is 0.886. The van der Waals surface area contributed by atoms with E-state index in [1.807, 2.05) is 42.5 Å². The number of fused-ring (bicyclic) bond motifs is 1. The maximum Gasteiger partial charge on any atom is 0.266 e. The van der Waals surface area contributed by atoms with Crippen LogP contribution in [0, 0.1) is 6.92 Å². The van der Waals surface area contributed by atoms with E-state index in [2.05, 4.69) is 60.2 Å². The molecule has 0 saturated carbocycles. The third-order valence-electron chi connectivity index (χ3n) is 6.28. The molecule has 182 valence electrons. The largest absolute Gasteiger partial charge is 0.494 e. The molecule has 1 aliphatic heterocycles. The molecule has 0 atom stereocenters. The van der Waals surface area contributed by atoms with Crippen molar-refractivity contribution < 1.29 is 9.53 Å². The van der Waals surface area contributed by atoms with Crippen molar-refractivity contribution in [3.05, 3.63) is 107 Å². The number of thioether (sulfide) groups is 1.